The van der Waals surface area contributed by atoms with Crippen molar-refractivity contribution >= 4 is 34.2 Å². The van der Waals surface area contributed by atoms with E-state index < -0.39 is 11.7 Å². The van der Waals surface area contributed by atoms with Crippen molar-refractivity contribution in [3.05, 3.63) is 22.8 Å². The maximum absolute atomic E-state index is 11.9. The number of nitrogens with zero attached hydrogens (tertiary/aromatic N) is 4. The van der Waals surface area contributed by atoms with E-state index in [0.717, 1.165) is 10.4 Å². The fourth-order valence-corrected chi connectivity index (χ4v) is 1.96. The van der Waals surface area contributed by atoms with Crippen molar-refractivity contribution in [2.75, 3.05) is 18.0 Å². The average Bonchev–Trinajstić information content (AvgIpc) is 2.37. The molecule has 1 aliphatic heterocycles. The van der Waals surface area contributed by atoms with Crippen LogP contribution in [0.3, 0.4) is 0 Å². The molecule has 7 heteroatoms. The van der Waals surface area contributed by atoms with Crippen molar-refractivity contribution in [3.8, 4) is 0 Å². The smallest absolute Gasteiger partial charge is 0.431 e. The Hall–Kier alpha value is -1.63. The second kappa shape index (κ2) is 5.78. The molecule has 1 aromatic rings. The quantitative estimate of drug-likeness (QED) is 0.737. The van der Waals surface area contributed by atoms with Gasteiger partial charge in [0.2, 0.25) is 0 Å². The number of ether oxygens (including phenoxy) is 1. The van der Waals surface area contributed by atoms with Crippen LogP contribution in [0.2, 0.25) is 0 Å². The molecular weight excluding hydrogens is 324 g/mol. The first-order valence-corrected chi connectivity index (χ1v) is 7.08. The Kier molecular flexibility index (Phi) is 4.27. The van der Waals surface area contributed by atoms with Crippen molar-refractivity contribution in [1.29, 1.82) is 0 Å². The van der Waals surface area contributed by atoms with Crippen LogP contribution in [-0.4, -0.2) is 41.1 Å². The van der Waals surface area contributed by atoms with E-state index in [4.69, 9.17) is 4.74 Å². The molecule has 6 nitrogen and oxygen atoms in total. The van der Waals surface area contributed by atoms with Gasteiger partial charge in [-0.05, 0) is 48.8 Å². The predicted octanol–water partition coefficient (Wildman–Crippen LogP) is 2.84. The van der Waals surface area contributed by atoms with Crippen molar-refractivity contribution in [2.45, 2.75) is 26.4 Å². The third kappa shape index (κ3) is 3.93. The highest BCUT2D eigenvalue weighted by molar-refractivity contribution is 9.10. The summed E-state index contributed by atoms with van der Waals surface area (Å²) in [7, 11) is 0. The van der Waals surface area contributed by atoms with Gasteiger partial charge in [0.25, 0.3) is 0 Å². The zero-order chi connectivity index (χ0) is 14.8. The molecular formula is C13H17BrN4O2. The van der Waals surface area contributed by atoms with E-state index in [2.05, 4.69) is 26.0 Å². The zero-order valence-corrected chi connectivity index (χ0v) is 13.3. The largest absolute Gasteiger partial charge is 0.442 e. The molecule has 108 valence electrons. The fraction of sp³-hybridized carbons (Fsp3) is 0.462. The lowest BCUT2D eigenvalue weighted by Gasteiger charge is -2.29. The number of carbonyl (C=O) groups is 1. The third-order valence-corrected chi connectivity index (χ3v) is 2.92. The molecule has 1 aromatic heterocycles. The van der Waals surface area contributed by atoms with Crippen molar-refractivity contribution < 1.29 is 9.53 Å². The molecule has 0 aliphatic carbocycles. The highest BCUT2D eigenvalue weighted by Crippen LogP contribution is 2.16. The number of carbonyl (C=O) groups excluding carboxylic acids is 1. The summed E-state index contributed by atoms with van der Waals surface area (Å²) in [5.41, 5.74) is -0.518. The van der Waals surface area contributed by atoms with Gasteiger partial charge in [0.15, 0.2) is 0 Å². The minimum atomic E-state index is -0.518. The van der Waals surface area contributed by atoms with Crippen LogP contribution in [0.1, 0.15) is 20.8 Å². The second-order valence-corrected chi connectivity index (χ2v) is 6.16. The Morgan fingerprint density at radius 3 is 2.65 bits per heavy atom. The van der Waals surface area contributed by atoms with Gasteiger partial charge >= 0.3 is 6.09 Å². The van der Waals surface area contributed by atoms with Crippen LogP contribution >= 0.6 is 15.9 Å². The molecule has 20 heavy (non-hydrogen) atoms. The molecule has 2 heterocycles. The minimum absolute atomic E-state index is 0.435. The summed E-state index contributed by atoms with van der Waals surface area (Å²) < 4.78 is 6.03. The summed E-state index contributed by atoms with van der Waals surface area (Å²) in [6.45, 7) is 6.56. The van der Waals surface area contributed by atoms with Gasteiger partial charge in [0.1, 0.15) is 22.4 Å². The van der Waals surface area contributed by atoms with E-state index in [0.29, 0.717) is 13.1 Å². The summed E-state index contributed by atoms with van der Waals surface area (Å²) in [6.07, 6.45) is 1.15. The van der Waals surface area contributed by atoms with Gasteiger partial charge in [-0.3, -0.25) is 0 Å². The molecule has 0 N–H and O–H groups in total. The predicted molar refractivity (Wildman–Crippen MR) is 80.7 cm³/mol. The van der Waals surface area contributed by atoms with Gasteiger partial charge in [-0.15, -0.1) is 0 Å². The Bertz CT molecular complexity index is 527. The van der Waals surface area contributed by atoms with E-state index in [1.54, 1.807) is 6.34 Å². The highest BCUT2D eigenvalue weighted by atomic mass is 79.9. The molecule has 0 fully saturated rings. The summed E-state index contributed by atoms with van der Waals surface area (Å²) in [4.78, 5) is 18.1. The van der Waals surface area contributed by atoms with Crippen LogP contribution in [0.15, 0.2) is 27.9 Å². The maximum Gasteiger partial charge on any atom is 0.431 e. The number of hydrogen-bond acceptors (Lipinski definition) is 5. The number of pyridine rings is 1. The van der Waals surface area contributed by atoms with Gasteiger partial charge in [0, 0.05) is 6.54 Å². The maximum atomic E-state index is 11.9. The molecule has 0 unspecified atom stereocenters. The van der Waals surface area contributed by atoms with E-state index in [1.165, 1.54) is 5.01 Å². The normalized spacial score (nSPS) is 15.4. The molecule has 0 spiro atoms. The van der Waals surface area contributed by atoms with Crippen LogP contribution < -0.4 is 4.90 Å². The first-order chi connectivity index (χ1) is 9.35. The summed E-state index contributed by atoms with van der Waals surface area (Å²) in [5, 5.41) is 5.42. The molecule has 0 radical (unpaired) electrons. The van der Waals surface area contributed by atoms with Gasteiger partial charge in [-0.1, -0.05) is 6.07 Å². The van der Waals surface area contributed by atoms with Crippen LogP contribution in [0.4, 0.5) is 10.6 Å². The Morgan fingerprint density at radius 2 is 2.10 bits per heavy atom. The first-order valence-electron chi connectivity index (χ1n) is 6.29. The van der Waals surface area contributed by atoms with Crippen molar-refractivity contribution in [1.82, 2.24) is 9.99 Å². The standard InChI is InChI=1S/C13H17BrN4O2/c1-13(2,3)20-12(19)18-8-7-17(9-15-18)11-6-4-5-10(14)16-11/h4-6,9H,7-8H2,1-3H3. The molecule has 0 aromatic carbocycles. The molecule has 0 bridgehead atoms. The molecule has 0 saturated heterocycles. The van der Waals surface area contributed by atoms with E-state index in [9.17, 15) is 4.79 Å². The summed E-state index contributed by atoms with van der Waals surface area (Å²) >= 11 is 3.33. The van der Waals surface area contributed by atoms with Crippen LogP contribution in [-0.2, 0) is 4.74 Å². The number of halogens is 1. The molecule has 1 amide bonds. The van der Waals surface area contributed by atoms with Crippen LogP contribution in [0.5, 0.6) is 0 Å². The summed E-state index contributed by atoms with van der Waals surface area (Å²) in [5.74, 6) is 0.784. The number of anilines is 1. The van der Waals surface area contributed by atoms with Crippen molar-refractivity contribution in [3.63, 3.8) is 0 Å². The van der Waals surface area contributed by atoms with E-state index >= 15 is 0 Å². The molecule has 1 aliphatic rings. The Balaban J connectivity index is 2.02. The van der Waals surface area contributed by atoms with Crippen molar-refractivity contribution in [2.24, 2.45) is 5.10 Å². The first kappa shape index (κ1) is 14.8. The van der Waals surface area contributed by atoms with Gasteiger partial charge < -0.3 is 9.64 Å². The number of hydrogen-bond donors (Lipinski definition) is 0. The second-order valence-electron chi connectivity index (χ2n) is 5.35. The monoisotopic (exact) mass is 340 g/mol. The highest BCUT2D eigenvalue weighted by Gasteiger charge is 2.24. The van der Waals surface area contributed by atoms with E-state index in [-0.39, 0.29) is 0 Å². The van der Waals surface area contributed by atoms with Gasteiger partial charge in [-0.2, -0.15) is 10.1 Å². The molecule has 2 rings (SSSR count). The SMILES string of the molecule is CC(C)(C)OC(=O)N1CCN(c2cccc(Br)n2)C=N1. The lowest BCUT2D eigenvalue weighted by Crippen LogP contribution is -2.43. The Labute approximate surface area is 126 Å². The number of rotatable bonds is 1. The number of aromatic nitrogens is 1. The van der Waals surface area contributed by atoms with Crippen LogP contribution in [0.25, 0.3) is 0 Å². The number of amides is 1. The lowest BCUT2D eigenvalue weighted by atomic mass is 10.2. The summed E-state index contributed by atoms with van der Waals surface area (Å²) in [6, 6.07) is 5.65. The van der Waals surface area contributed by atoms with Gasteiger partial charge in [0.05, 0.1) is 6.54 Å². The fourth-order valence-electron chi connectivity index (χ4n) is 1.63. The Morgan fingerprint density at radius 1 is 1.35 bits per heavy atom. The number of hydrazone groups is 1. The van der Waals surface area contributed by atoms with E-state index in [1.807, 2.05) is 43.9 Å². The lowest BCUT2D eigenvalue weighted by molar-refractivity contribution is 0.0255. The average molecular weight is 341 g/mol. The molecule has 0 saturated carbocycles. The topological polar surface area (TPSA) is 58.0 Å². The third-order valence-electron chi connectivity index (χ3n) is 2.48. The molecule has 0 atom stereocenters. The zero-order valence-electron chi connectivity index (χ0n) is 11.7. The van der Waals surface area contributed by atoms with Gasteiger partial charge in [-0.25, -0.2) is 9.78 Å². The minimum Gasteiger partial charge on any atom is -0.442 e. The van der Waals surface area contributed by atoms with Crippen LogP contribution in [0, 0.1) is 0 Å².